The zero-order valence-electron chi connectivity index (χ0n) is 16.5. The van der Waals surface area contributed by atoms with Gasteiger partial charge in [0.2, 0.25) is 5.91 Å². The van der Waals surface area contributed by atoms with Crippen LogP contribution in [0.3, 0.4) is 0 Å². The lowest BCUT2D eigenvalue weighted by atomic mass is 9.92. The van der Waals surface area contributed by atoms with Crippen molar-refractivity contribution < 1.29 is 23.8 Å². The maximum absolute atomic E-state index is 12.5. The van der Waals surface area contributed by atoms with Crippen molar-refractivity contribution in [3.63, 3.8) is 0 Å². The Labute approximate surface area is 162 Å². The van der Waals surface area contributed by atoms with E-state index in [4.69, 9.17) is 14.3 Å². The van der Waals surface area contributed by atoms with Crippen LogP contribution in [-0.2, 0) is 22.4 Å². The minimum absolute atomic E-state index is 0.0109. The minimum Gasteiger partial charge on any atom is -0.487 e. The molecule has 2 aromatic rings. The van der Waals surface area contributed by atoms with Crippen molar-refractivity contribution in [2.24, 2.45) is 0 Å². The van der Waals surface area contributed by atoms with Crippen LogP contribution in [0.5, 0.6) is 5.75 Å². The van der Waals surface area contributed by atoms with Crippen LogP contribution in [0, 0.1) is 6.92 Å². The highest BCUT2D eigenvalue weighted by Crippen LogP contribution is 2.36. The number of ether oxygens (including phenoxy) is 1. The molecule has 1 aromatic heterocycles. The third kappa shape index (κ3) is 4.03. The summed E-state index contributed by atoms with van der Waals surface area (Å²) in [7, 11) is 0. The van der Waals surface area contributed by atoms with E-state index in [0.29, 0.717) is 11.1 Å². The molecule has 0 spiro atoms. The molecule has 1 aliphatic heterocycles. The maximum Gasteiger partial charge on any atom is 0.339 e. The van der Waals surface area contributed by atoms with Gasteiger partial charge in [-0.3, -0.25) is 9.59 Å². The molecule has 7 heteroatoms. The highest BCUT2D eigenvalue weighted by atomic mass is 16.5. The third-order valence-corrected chi connectivity index (χ3v) is 5.20. The fraction of sp³-hybridized carbons (Fsp3) is 0.476. The molecule has 150 valence electrons. The van der Waals surface area contributed by atoms with Gasteiger partial charge in [-0.15, -0.1) is 0 Å². The molecule has 7 nitrogen and oxygen atoms in total. The quantitative estimate of drug-likeness (QED) is 0.764. The van der Waals surface area contributed by atoms with Crippen molar-refractivity contribution >= 4 is 22.8 Å². The van der Waals surface area contributed by atoms with Crippen molar-refractivity contribution in [1.29, 1.82) is 0 Å². The number of carbonyl (C=O) groups is 2. The van der Waals surface area contributed by atoms with Gasteiger partial charge in [0.1, 0.15) is 23.0 Å². The number of carbonyl (C=O) groups excluding carboxylic acids is 1. The molecule has 1 unspecified atom stereocenters. The first-order chi connectivity index (χ1) is 13.1. The van der Waals surface area contributed by atoms with Gasteiger partial charge in [0.25, 0.3) is 0 Å². The number of carboxylic acid groups (broad SMARTS) is 1. The van der Waals surface area contributed by atoms with Gasteiger partial charge in [-0.2, -0.15) is 0 Å². The van der Waals surface area contributed by atoms with Crippen LogP contribution in [0.1, 0.15) is 50.3 Å². The molecule has 0 saturated carbocycles. The average Bonchev–Trinajstić information content (AvgIpc) is 2.59. The molecular formula is C21H25NO6. The first kappa shape index (κ1) is 19.9. The topological polar surface area (TPSA) is 106 Å². The summed E-state index contributed by atoms with van der Waals surface area (Å²) in [6, 6.07) is 2.79. The summed E-state index contributed by atoms with van der Waals surface area (Å²) in [5, 5.41) is 12.1. The summed E-state index contributed by atoms with van der Waals surface area (Å²) in [6.45, 7) is 7.29. The Bertz CT molecular complexity index is 1000. The fourth-order valence-electron chi connectivity index (χ4n) is 3.44. The molecule has 0 aliphatic carbocycles. The van der Waals surface area contributed by atoms with Crippen LogP contribution in [-0.4, -0.2) is 28.6 Å². The van der Waals surface area contributed by atoms with Gasteiger partial charge >= 0.3 is 11.6 Å². The van der Waals surface area contributed by atoms with E-state index in [1.54, 1.807) is 6.07 Å². The second-order valence-corrected chi connectivity index (χ2v) is 7.94. The van der Waals surface area contributed by atoms with E-state index in [9.17, 15) is 14.4 Å². The Hall–Kier alpha value is -2.83. The van der Waals surface area contributed by atoms with Crippen molar-refractivity contribution in [2.75, 3.05) is 0 Å². The van der Waals surface area contributed by atoms with Gasteiger partial charge < -0.3 is 19.6 Å². The second kappa shape index (κ2) is 7.30. The Morgan fingerprint density at radius 3 is 2.71 bits per heavy atom. The molecule has 28 heavy (non-hydrogen) atoms. The molecule has 1 amide bonds. The van der Waals surface area contributed by atoms with Crippen LogP contribution in [0.15, 0.2) is 21.3 Å². The number of fused-ring (bicyclic) bond motifs is 2. The summed E-state index contributed by atoms with van der Waals surface area (Å²) in [5.74, 6) is -0.791. The lowest BCUT2D eigenvalue weighted by Crippen LogP contribution is -2.38. The van der Waals surface area contributed by atoms with E-state index in [-0.39, 0.29) is 18.4 Å². The van der Waals surface area contributed by atoms with Crippen LogP contribution >= 0.6 is 0 Å². The van der Waals surface area contributed by atoms with E-state index in [1.807, 2.05) is 26.8 Å². The van der Waals surface area contributed by atoms with Gasteiger partial charge in [-0.05, 0) is 64.2 Å². The molecule has 1 aromatic carbocycles. The summed E-state index contributed by atoms with van der Waals surface area (Å²) < 4.78 is 11.5. The standard InChI is InChI=1S/C21H25NO6/c1-11-14(5-6-18(23)22-12(2)19(24)25)20(26)27-17-10-16-13(9-15(11)17)7-8-21(3,4)28-16/h9-10,12H,5-8H2,1-4H3,(H,22,23)(H,24,25). The monoisotopic (exact) mass is 387 g/mol. The molecule has 2 heterocycles. The third-order valence-electron chi connectivity index (χ3n) is 5.20. The predicted octanol–water partition coefficient (Wildman–Crippen LogP) is 2.73. The molecule has 0 bridgehead atoms. The molecule has 3 rings (SSSR count). The number of rotatable bonds is 5. The first-order valence-electron chi connectivity index (χ1n) is 9.38. The van der Waals surface area contributed by atoms with Crippen LogP contribution < -0.4 is 15.7 Å². The van der Waals surface area contributed by atoms with Crippen LogP contribution in [0.4, 0.5) is 0 Å². The molecule has 0 saturated heterocycles. The number of amides is 1. The number of aryl methyl sites for hydroxylation is 2. The van der Waals surface area contributed by atoms with Crippen LogP contribution in [0.25, 0.3) is 11.0 Å². The average molecular weight is 387 g/mol. The minimum atomic E-state index is -1.11. The Morgan fingerprint density at radius 1 is 1.32 bits per heavy atom. The van der Waals surface area contributed by atoms with Gasteiger partial charge in [-0.1, -0.05) is 0 Å². The molecule has 0 fully saturated rings. The molecule has 1 atom stereocenters. The Morgan fingerprint density at radius 2 is 2.04 bits per heavy atom. The van der Waals surface area contributed by atoms with Crippen molar-refractivity contribution in [2.45, 2.75) is 65.0 Å². The molecular weight excluding hydrogens is 362 g/mol. The molecule has 1 aliphatic rings. The summed E-state index contributed by atoms with van der Waals surface area (Å²) >= 11 is 0. The number of aliphatic carboxylic acids is 1. The number of nitrogens with one attached hydrogen (secondary N) is 1. The van der Waals surface area contributed by atoms with Crippen molar-refractivity contribution in [3.8, 4) is 5.75 Å². The highest BCUT2D eigenvalue weighted by Gasteiger charge is 2.27. The second-order valence-electron chi connectivity index (χ2n) is 7.94. The summed E-state index contributed by atoms with van der Waals surface area (Å²) in [6.07, 6.45) is 1.97. The van der Waals surface area contributed by atoms with Gasteiger partial charge in [0.15, 0.2) is 0 Å². The van der Waals surface area contributed by atoms with E-state index in [1.165, 1.54) is 6.92 Å². The van der Waals surface area contributed by atoms with Gasteiger partial charge in [0, 0.05) is 23.4 Å². The Balaban J connectivity index is 1.87. The zero-order valence-corrected chi connectivity index (χ0v) is 16.5. The smallest absolute Gasteiger partial charge is 0.339 e. The number of carboxylic acids is 1. The highest BCUT2D eigenvalue weighted by molar-refractivity contribution is 5.85. The fourth-order valence-corrected chi connectivity index (χ4v) is 3.44. The van der Waals surface area contributed by atoms with E-state index in [0.717, 1.165) is 35.1 Å². The predicted molar refractivity (Wildman–Crippen MR) is 104 cm³/mol. The van der Waals surface area contributed by atoms with E-state index in [2.05, 4.69) is 5.32 Å². The SMILES string of the molecule is Cc1c(CCC(=O)NC(C)C(=O)O)c(=O)oc2cc3c(cc12)CCC(C)(C)O3. The Kier molecular flexibility index (Phi) is 5.19. The molecule has 0 radical (unpaired) electrons. The normalized spacial score (nSPS) is 16.1. The van der Waals surface area contributed by atoms with Gasteiger partial charge in [0.05, 0.1) is 0 Å². The number of hydrogen-bond donors (Lipinski definition) is 2. The number of hydrogen-bond acceptors (Lipinski definition) is 5. The number of benzene rings is 1. The van der Waals surface area contributed by atoms with Gasteiger partial charge in [-0.25, -0.2) is 4.79 Å². The first-order valence-corrected chi connectivity index (χ1v) is 9.38. The molecule has 2 N–H and O–H groups in total. The van der Waals surface area contributed by atoms with Crippen LogP contribution in [0.2, 0.25) is 0 Å². The lowest BCUT2D eigenvalue weighted by Gasteiger charge is -2.32. The zero-order chi connectivity index (χ0) is 20.6. The lowest BCUT2D eigenvalue weighted by molar-refractivity contribution is -0.141. The maximum atomic E-state index is 12.5. The van der Waals surface area contributed by atoms with E-state index < -0.39 is 23.5 Å². The van der Waals surface area contributed by atoms with Crippen molar-refractivity contribution in [3.05, 3.63) is 39.2 Å². The largest absolute Gasteiger partial charge is 0.487 e. The van der Waals surface area contributed by atoms with E-state index >= 15 is 0 Å². The summed E-state index contributed by atoms with van der Waals surface area (Å²) in [5.41, 5.74) is 2.00. The van der Waals surface area contributed by atoms with Crippen molar-refractivity contribution in [1.82, 2.24) is 5.32 Å². The summed E-state index contributed by atoms with van der Waals surface area (Å²) in [4.78, 5) is 35.2.